The van der Waals surface area contributed by atoms with Gasteiger partial charge in [0.15, 0.2) is 5.13 Å². The van der Waals surface area contributed by atoms with Crippen molar-refractivity contribution >= 4 is 22.4 Å². The van der Waals surface area contributed by atoms with Crippen molar-refractivity contribution in [1.29, 1.82) is 0 Å². The number of benzene rings is 1. The number of nitrogens with one attached hydrogen (secondary N) is 2. The zero-order chi connectivity index (χ0) is 16.5. The molecule has 4 rings (SSSR count). The number of carbonyl (C=O) groups is 1. The normalized spacial score (nSPS) is 20.3. The second-order valence-electron chi connectivity index (χ2n) is 6.54. The second-order valence-corrected chi connectivity index (χ2v) is 7.63. The van der Waals surface area contributed by atoms with Crippen molar-refractivity contribution in [3.05, 3.63) is 46.2 Å². The fraction of sp³-hybridized carbons (Fsp3) is 0.444. The highest BCUT2D eigenvalue weighted by molar-refractivity contribution is 7.15. The van der Waals surface area contributed by atoms with Gasteiger partial charge in [-0.2, -0.15) is 0 Å². The molecule has 2 heterocycles. The second kappa shape index (κ2) is 6.61. The van der Waals surface area contributed by atoms with Gasteiger partial charge in [0.2, 0.25) is 5.91 Å². The Morgan fingerprint density at radius 1 is 1.29 bits per heavy atom. The molecule has 4 nitrogen and oxygen atoms in total. The molecule has 0 radical (unpaired) electrons. The molecular weight excluding hydrogens is 325 g/mol. The Morgan fingerprint density at radius 3 is 2.75 bits per heavy atom. The molecule has 1 aromatic heterocycles. The summed E-state index contributed by atoms with van der Waals surface area (Å²) in [6.07, 6.45) is 4.99. The maximum atomic E-state index is 13.1. The van der Waals surface area contributed by atoms with Crippen LogP contribution in [-0.4, -0.2) is 23.5 Å². The molecule has 1 aliphatic carbocycles. The summed E-state index contributed by atoms with van der Waals surface area (Å²) in [5, 5.41) is 6.86. The molecule has 1 unspecified atom stereocenters. The fourth-order valence-corrected chi connectivity index (χ4v) is 4.19. The van der Waals surface area contributed by atoms with Gasteiger partial charge in [-0.25, -0.2) is 9.37 Å². The summed E-state index contributed by atoms with van der Waals surface area (Å²) < 4.78 is 13.1. The maximum Gasteiger partial charge on any atom is 0.243 e. The Morgan fingerprint density at radius 2 is 2.08 bits per heavy atom. The van der Waals surface area contributed by atoms with Crippen LogP contribution in [0.25, 0.3) is 0 Å². The molecule has 1 saturated carbocycles. The molecule has 1 saturated heterocycles. The Bertz CT molecular complexity index is 733. The first kappa shape index (κ1) is 15.7. The summed E-state index contributed by atoms with van der Waals surface area (Å²) in [6, 6.07) is 6.50. The van der Waals surface area contributed by atoms with E-state index in [1.807, 2.05) is 12.1 Å². The predicted molar refractivity (Wildman–Crippen MR) is 92.9 cm³/mol. The lowest BCUT2D eigenvalue weighted by Gasteiger charge is -2.08. The summed E-state index contributed by atoms with van der Waals surface area (Å²) >= 11 is 1.55. The average Bonchev–Trinajstić information content (AvgIpc) is 3.11. The molecule has 6 heteroatoms. The lowest BCUT2D eigenvalue weighted by atomic mass is 10.1. The van der Waals surface area contributed by atoms with E-state index in [0.29, 0.717) is 11.0 Å². The molecule has 2 aliphatic rings. The van der Waals surface area contributed by atoms with Gasteiger partial charge in [0.05, 0.1) is 11.7 Å². The summed E-state index contributed by atoms with van der Waals surface area (Å²) in [7, 11) is 0. The van der Waals surface area contributed by atoms with Crippen LogP contribution in [0.15, 0.2) is 24.3 Å². The van der Waals surface area contributed by atoms with Crippen LogP contribution in [0.1, 0.15) is 47.7 Å². The van der Waals surface area contributed by atoms with Crippen LogP contribution in [0.5, 0.6) is 0 Å². The Balaban J connectivity index is 1.51. The fourth-order valence-electron chi connectivity index (χ4n) is 3.11. The van der Waals surface area contributed by atoms with E-state index in [1.54, 1.807) is 11.3 Å². The molecule has 24 heavy (non-hydrogen) atoms. The summed E-state index contributed by atoms with van der Waals surface area (Å²) in [6.45, 7) is 0.902. The number of halogens is 1. The zero-order valence-electron chi connectivity index (χ0n) is 13.3. The smallest absolute Gasteiger partial charge is 0.243 e. The lowest BCUT2D eigenvalue weighted by Crippen LogP contribution is -2.35. The third kappa shape index (κ3) is 3.49. The number of nitrogens with zero attached hydrogens (tertiary/aromatic N) is 1. The third-order valence-corrected chi connectivity index (χ3v) is 5.56. The number of aromatic nitrogens is 1. The molecule has 1 atom stereocenters. The average molecular weight is 345 g/mol. The van der Waals surface area contributed by atoms with Gasteiger partial charge in [-0.1, -0.05) is 12.1 Å². The highest BCUT2D eigenvalue weighted by atomic mass is 32.1. The highest BCUT2D eigenvalue weighted by Crippen LogP contribution is 2.44. The quantitative estimate of drug-likeness (QED) is 0.873. The van der Waals surface area contributed by atoms with Gasteiger partial charge < -0.3 is 10.6 Å². The minimum atomic E-state index is -0.220. The van der Waals surface area contributed by atoms with Crippen molar-refractivity contribution in [2.75, 3.05) is 11.9 Å². The van der Waals surface area contributed by atoms with Crippen molar-refractivity contribution in [3.8, 4) is 0 Å². The minimum absolute atomic E-state index is 0.0110. The predicted octanol–water partition coefficient (Wildman–Crippen LogP) is 3.44. The standard InChI is InChI=1S/C18H20FN3OS/c19-13-7-3-11(4-8-13)10-15-16(12-5-6-12)21-18(24-15)22-17(23)14-2-1-9-20-14/h3-4,7-8,12,14,20H,1-2,5-6,9-10H2,(H,21,22,23). The van der Waals surface area contributed by atoms with Crippen molar-refractivity contribution in [2.24, 2.45) is 0 Å². The molecule has 0 bridgehead atoms. The first-order valence-corrected chi connectivity index (χ1v) is 9.29. The van der Waals surface area contributed by atoms with Gasteiger partial charge in [0, 0.05) is 17.2 Å². The van der Waals surface area contributed by atoms with Crippen LogP contribution in [0.2, 0.25) is 0 Å². The number of hydrogen-bond acceptors (Lipinski definition) is 4. The number of anilines is 1. The minimum Gasteiger partial charge on any atom is -0.306 e. The van der Waals surface area contributed by atoms with E-state index >= 15 is 0 Å². The molecule has 0 spiro atoms. The lowest BCUT2D eigenvalue weighted by molar-refractivity contribution is -0.117. The van der Waals surface area contributed by atoms with Crippen LogP contribution in [0.4, 0.5) is 9.52 Å². The van der Waals surface area contributed by atoms with E-state index in [2.05, 4.69) is 15.6 Å². The van der Waals surface area contributed by atoms with E-state index in [4.69, 9.17) is 0 Å². The monoisotopic (exact) mass is 345 g/mol. The van der Waals surface area contributed by atoms with Crippen LogP contribution in [0, 0.1) is 5.82 Å². The number of hydrogen-bond donors (Lipinski definition) is 2. The Kier molecular flexibility index (Phi) is 4.33. The first-order valence-electron chi connectivity index (χ1n) is 8.47. The van der Waals surface area contributed by atoms with Gasteiger partial charge in [-0.05, 0) is 49.9 Å². The topological polar surface area (TPSA) is 54.0 Å². The molecule has 126 valence electrons. The van der Waals surface area contributed by atoms with Crippen molar-refractivity contribution in [2.45, 2.75) is 44.1 Å². The number of thiazole rings is 1. The molecule has 1 aromatic carbocycles. The van der Waals surface area contributed by atoms with E-state index in [1.165, 1.54) is 17.0 Å². The van der Waals surface area contributed by atoms with E-state index in [-0.39, 0.29) is 17.8 Å². The molecule has 2 aromatic rings. The maximum absolute atomic E-state index is 13.1. The van der Waals surface area contributed by atoms with Crippen LogP contribution >= 0.6 is 11.3 Å². The molecule has 2 fully saturated rings. The van der Waals surface area contributed by atoms with Crippen LogP contribution < -0.4 is 10.6 Å². The molecular formula is C18H20FN3OS. The van der Waals surface area contributed by atoms with Gasteiger partial charge >= 0.3 is 0 Å². The first-order chi connectivity index (χ1) is 11.7. The van der Waals surface area contributed by atoms with Crippen molar-refractivity contribution in [1.82, 2.24) is 10.3 Å². The summed E-state index contributed by atoms with van der Waals surface area (Å²) in [4.78, 5) is 18.1. The van der Waals surface area contributed by atoms with Gasteiger partial charge in [0.25, 0.3) is 0 Å². The van der Waals surface area contributed by atoms with Crippen LogP contribution in [0.3, 0.4) is 0 Å². The molecule has 1 amide bonds. The summed E-state index contributed by atoms with van der Waals surface area (Å²) in [5.74, 6) is 0.311. The van der Waals surface area contributed by atoms with E-state index in [9.17, 15) is 9.18 Å². The van der Waals surface area contributed by atoms with Gasteiger partial charge in [0.1, 0.15) is 5.82 Å². The zero-order valence-corrected chi connectivity index (χ0v) is 14.2. The van der Waals surface area contributed by atoms with Gasteiger partial charge in [-0.15, -0.1) is 11.3 Å². The van der Waals surface area contributed by atoms with E-state index in [0.717, 1.165) is 49.9 Å². The largest absolute Gasteiger partial charge is 0.306 e. The van der Waals surface area contributed by atoms with Crippen molar-refractivity contribution < 1.29 is 9.18 Å². The highest BCUT2D eigenvalue weighted by Gasteiger charge is 2.30. The number of rotatable bonds is 5. The molecule has 2 N–H and O–H groups in total. The number of amides is 1. The van der Waals surface area contributed by atoms with Crippen molar-refractivity contribution in [3.63, 3.8) is 0 Å². The third-order valence-electron chi connectivity index (χ3n) is 4.58. The Labute approximate surface area is 144 Å². The summed E-state index contributed by atoms with van der Waals surface area (Å²) in [5.41, 5.74) is 2.18. The number of carbonyl (C=O) groups excluding carboxylic acids is 1. The Hall–Kier alpha value is -1.79. The molecule has 1 aliphatic heterocycles. The van der Waals surface area contributed by atoms with Crippen LogP contribution in [-0.2, 0) is 11.2 Å². The van der Waals surface area contributed by atoms with Gasteiger partial charge in [-0.3, -0.25) is 4.79 Å². The SMILES string of the molecule is O=C(Nc1nc(C2CC2)c(Cc2ccc(F)cc2)s1)C1CCCN1. The van der Waals surface area contributed by atoms with E-state index < -0.39 is 0 Å².